The zero-order valence-corrected chi connectivity index (χ0v) is 14.2. The SMILES string of the molecule is O=C(NC(C(=O)O)c1cc(Br)c(Cl)s1)OCc1ccccc1. The van der Waals surface area contributed by atoms with E-state index in [2.05, 4.69) is 21.2 Å². The molecule has 0 aliphatic heterocycles. The summed E-state index contributed by atoms with van der Waals surface area (Å²) in [6, 6.07) is 9.45. The number of carbonyl (C=O) groups excluding carboxylic acids is 1. The van der Waals surface area contributed by atoms with Crippen LogP contribution >= 0.6 is 38.9 Å². The number of nitrogens with one attached hydrogen (secondary N) is 1. The second kappa shape index (κ2) is 7.62. The van der Waals surface area contributed by atoms with E-state index in [0.29, 0.717) is 13.7 Å². The Morgan fingerprint density at radius 1 is 1.36 bits per heavy atom. The number of carbonyl (C=O) groups is 2. The largest absolute Gasteiger partial charge is 0.479 e. The number of carboxylic acid groups (broad SMARTS) is 1. The normalized spacial score (nSPS) is 11.7. The molecule has 0 aliphatic carbocycles. The number of rotatable bonds is 5. The van der Waals surface area contributed by atoms with Crippen LogP contribution in [-0.2, 0) is 16.1 Å². The van der Waals surface area contributed by atoms with Crippen LogP contribution in [0.15, 0.2) is 40.9 Å². The highest BCUT2D eigenvalue weighted by Gasteiger charge is 2.25. The molecular weight excluding hydrogens is 394 g/mol. The van der Waals surface area contributed by atoms with Crippen molar-refractivity contribution in [2.24, 2.45) is 0 Å². The highest BCUT2D eigenvalue weighted by Crippen LogP contribution is 2.35. The van der Waals surface area contributed by atoms with Crippen molar-refractivity contribution in [3.63, 3.8) is 0 Å². The number of hydrogen-bond acceptors (Lipinski definition) is 4. The van der Waals surface area contributed by atoms with Crippen molar-refractivity contribution >= 4 is 50.9 Å². The van der Waals surface area contributed by atoms with E-state index < -0.39 is 18.1 Å². The predicted octanol–water partition coefficient (Wildman–Crippen LogP) is 4.22. The molecule has 0 spiro atoms. The van der Waals surface area contributed by atoms with Gasteiger partial charge >= 0.3 is 12.1 Å². The van der Waals surface area contributed by atoms with Crippen LogP contribution in [0.3, 0.4) is 0 Å². The van der Waals surface area contributed by atoms with Gasteiger partial charge in [-0.05, 0) is 27.6 Å². The Bertz CT molecular complexity index is 657. The van der Waals surface area contributed by atoms with E-state index in [4.69, 9.17) is 16.3 Å². The second-order valence-corrected chi connectivity index (χ2v) is 6.79. The summed E-state index contributed by atoms with van der Waals surface area (Å²) in [6.07, 6.45) is -0.808. The lowest BCUT2D eigenvalue weighted by molar-refractivity contribution is -0.139. The Labute approximate surface area is 144 Å². The van der Waals surface area contributed by atoms with Crippen LogP contribution in [0.4, 0.5) is 4.79 Å². The number of amides is 1. The minimum absolute atomic E-state index is 0.0634. The van der Waals surface area contributed by atoms with Crippen LogP contribution in [-0.4, -0.2) is 17.2 Å². The minimum atomic E-state index is -1.21. The van der Waals surface area contributed by atoms with Crippen molar-refractivity contribution in [1.82, 2.24) is 5.32 Å². The first kappa shape index (κ1) is 16.8. The minimum Gasteiger partial charge on any atom is -0.479 e. The fraction of sp³-hybridized carbons (Fsp3) is 0.143. The van der Waals surface area contributed by atoms with E-state index in [1.165, 1.54) is 0 Å². The summed E-state index contributed by atoms with van der Waals surface area (Å²) in [4.78, 5) is 23.5. The molecule has 22 heavy (non-hydrogen) atoms. The molecule has 0 aliphatic rings. The van der Waals surface area contributed by atoms with Gasteiger partial charge in [-0.15, -0.1) is 11.3 Å². The Morgan fingerprint density at radius 2 is 2.05 bits per heavy atom. The maximum Gasteiger partial charge on any atom is 0.408 e. The average molecular weight is 405 g/mol. The van der Waals surface area contributed by atoms with Crippen LogP contribution in [0, 0.1) is 0 Å². The number of ether oxygens (including phenoxy) is 1. The molecule has 1 aromatic heterocycles. The molecule has 1 atom stereocenters. The van der Waals surface area contributed by atoms with Gasteiger partial charge in [-0.1, -0.05) is 41.9 Å². The van der Waals surface area contributed by atoms with E-state index >= 15 is 0 Å². The topological polar surface area (TPSA) is 75.6 Å². The fourth-order valence-electron chi connectivity index (χ4n) is 1.64. The number of carboxylic acids is 1. The Hall–Kier alpha value is -1.57. The molecule has 2 aromatic rings. The van der Waals surface area contributed by atoms with E-state index in [1.54, 1.807) is 18.2 Å². The van der Waals surface area contributed by atoms with Crippen LogP contribution in [0.25, 0.3) is 0 Å². The maximum atomic E-state index is 11.8. The van der Waals surface area contributed by atoms with E-state index in [9.17, 15) is 14.7 Å². The summed E-state index contributed by atoms with van der Waals surface area (Å²) in [5.41, 5.74) is 0.812. The van der Waals surface area contributed by atoms with E-state index in [-0.39, 0.29) is 6.61 Å². The van der Waals surface area contributed by atoms with Crippen molar-refractivity contribution in [3.05, 3.63) is 55.6 Å². The van der Waals surface area contributed by atoms with Crippen molar-refractivity contribution in [1.29, 1.82) is 0 Å². The number of hydrogen-bond donors (Lipinski definition) is 2. The first-order chi connectivity index (χ1) is 10.5. The third-order valence-corrected chi connectivity index (χ3v) is 5.21. The van der Waals surface area contributed by atoms with Gasteiger partial charge in [0.05, 0.1) is 0 Å². The molecule has 0 saturated carbocycles. The number of thiophene rings is 1. The third-order valence-electron chi connectivity index (χ3n) is 2.67. The van der Waals surface area contributed by atoms with Gasteiger partial charge in [-0.2, -0.15) is 0 Å². The van der Waals surface area contributed by atoms with Gasteiger partial charge in [-0.3, -0.25) is 0 Å². The Morgan fingerprint density at radius 3 is 2.59 bits per heavy atom. The molecule has 1 unspecified atom stereocenters. The summed E-state index contributed by atoms with van der Waals surface area (Å²) < 4.78 is 6.01. The summed E-state index contributed by atoms with van der Waals surface area (Å²) in [5, 5.41) is 11.6. The van der Waals surface area contributed by atoms with Crippen LogP contribution in [0.2, 0.25) is 4.34 Å². The van der Waals surface area contributed by atoms with Crippen molar-refractivity contribution in [3.8, 4) is 0 Å². The zero-order chi connectivity index (χ0) is 16.1. The molecular formula is C14H11BrClNO4S. The van der Waals surface area contributed by atoms with Gasteiger partial charge < -0.3 is 15.2 Å². The summed E-state index contributed by atoms with van der Waals surface area (Å²) in [5.74, 6) is -1.19. The molecule has 2 N–H and O–H groups in total. The van der Waals surface area contributed by atoms with Crippen molar-refractivity contribution in [2.45, 2.75) is 12.6 Å². The lowest BCUT2D eigenvalue weighted by Crippen LogP contribution is -2.33. The quantitative estimate of drug-likeness (QED) is 0.782. The van der Waals surface area contributed by atoms with Crippen LogP contribution < -0.4 is 5.32 Å². The highest BCUT2D eigenvalue weighted by atomic mass is 79.9. The highest BCUT2D eigenvalue weighted by molar-refractivity contribution is 9.10. The van der Waals surface area contributed by atoms with E-state index in [1.807, 2.05) is 18.2 Å². The fourth-order valence-corrected chi connectivity index (χ4v) is 3.42. The summed E-state index contributed by atoms with van der Waals surface area (Å²) >= 11 is 10.2. The standard InChI is InChI=1S/C14H11BrClNO4S/c15-9-6-10(22-12(9)16)11(13(18)19)17-14(20)21-7-8-4-2-1-3-5-8/h1-6,11H,7H2,(H,17,20)(H,18,19). The van der Waals surface area contributed by atoms with Gasteiger partial charge in [0.25, 0.3) is 0 Å². The van der Waals surface area contributed by atoms with Gasteiger partial charge in [0, 0.05) is 9.35 Å². The lowest BCUT2D eigenvalue weighted by atomic mass is 10.2. The molecule has 116 valence electrons. The smallest absolute Gasteiger partial charge is 0.408 e. The molecule has 0 fully saturated rings. The molecule has 1 amide bonds. The van der Waals surface area contributed by atoms with Crippen LogP contribution in [0.1, 0.15) is 16.5 Å². The maximum absolute atomic E-state index is 11.8. The number of alkyl carbamates (subject to hydrolysis) is 1. The Kier molecular flexibility index (Phi) is 5.82. The van der Waals surface area contributed by atoms with E-state index in [0.717, 1.165) is 16.9 Å². The third kappa shape index (κ3) is 4.46. The van der Waals surface area contributed by atoms with Gasteiger partial charge in [0.1, 0.15) is 10.9 Å². The molecule has 0 radical (unpaired) electrons. The Balaban J connectivity index is 1.99. The average Bonchev–Trinajstić information content (AvgIpc) is 2.82. The monoisotopic (exact) mass is 403 g/mol. The summed E-state index contributed by atoms with van der Waals surface area (Å²) in [7, 11) is 0. The predicted molar refractivity (Wildman–Crippen MR) is 87.2 cm³/mol. The molecule has 0 saturated heterocycles. The molecule has 5 nitrogen and oxygen atoms in total. The zero-order valence-electron chi connectivity index (χ0n) is 11.1. The number of benzene rings is 1. The van der Waals surface area contributed by atoms with Gasteiger partial charge in [0.15, 0.2) is 6.04 Å². The number of halogens is 2. The first-order valence-electron chi connectivity index (χ1n) is 6.12. The molecule has 1 aromatic carbocycles. The molecule has 2 rings (SSSR count). The molecule has 0 bridgehead atoms. The second-order valence-electron chi connectivity index (χ2n) is 4.25. The summed E-state index contributed by atoms with van der Waals surface area (Å²) in [6.45, 7) is 0.0634. The molecule has 1 heterocycles. The lowest BCUT2D eigenvalue weighted by Gasteiger charge is -2.13. The molecule has 8 heteroatoms. The first-order valence-corrected chi connectivity index (χ1v) is 8.11. The van der Waals surface area contributed by atoms with Crippen LogP contribution in [0.5, 0.6) is 0 Å². The van der Waals surface area contributed by atoms with Gasteiger partial charge in [0.2, 0.25) is 0 Å². The van der Waals surface area contributed by atoms with Crippen molar-refractivity contribution < 1.29 is 19.4 Å². The van der Waals surface area contributed by atoms with Gasteiger partial charge in [-0.25, -0.2) is 9.59 Å². The van der Waals surface area contributed by atoms with Crippen molar-refractivity contribution in [2.75, 3.05) is 0 Å². The number of aliphatic carboxylic acids is 1.